The summed E-state index contributed by atoms with van der Waals surface area (Å²) in [7, 11) is -12.0. The zero-order valence-electron chi connectivity index (χ0n) is 82.6. The molecule has 8 aromatic heterocycles. The molecule has 0 saturated carbocycles. The van der Waals surface area contributed by atoms with Gasteiger partial charge < -0.3 is 60.7 Å². The van der Waals surface area contributed by atoms with E-state index in [1.165, 1.54) is 83.6 Å². The molecule has 4 atom stereocenters. The number of aromatic amines is 4. The van der Waals surface area contributed by atoms with Crippen molar-refractivity contribution in [3.63, 3.8) is 0 Å². The molecule has 11 aromatic rings. The number of aromatic carboxylic acids is 2. The van der Waals surface area contributed by atoms with Gasteiger partial charge in [0.1, 0.15) is 40.9 Å². The van der Waals surface area contributed by atoms with E-state index >= 15 is 0 Å². The molecule has 754 valence electrons. The predicted molar refractivity (Wildman–Crippen MR) is 538 cm³/mol. The van der Waals surface area contributed by atoms with Crippen molar-refractivity contribution in [2.45, 2.75) is 264 Å². The molecule has 141 heavy (non-hydrogen) atoms. The number of ether oxygens (including phenoxy) is 3. The Kier molecular flexibility index (Phi) is 39.5. The molecular formula is C106H134N14O18S3. The van der Waals surface area contributed by atoms with Crippen molar-refractivity contribution < 1.29 is 83.2 Å². The highest BCUT2D eigenvalue weighted by Gasteiger charge is 2.34. The summed E-state index contributed by atoms with van der Waals surface area (Å²) in [6, 6.07) is 31.0. The van der Waals surface area contributed by atoms with Gasteiger partial charge in [-0.05, 0) is 363 Å². The van der Waals surface area contributed by atoms with Crippen LogP contribution in [0.25, 0.3) is 0 Å². The van der Waals surface area contributed by atoms with Crippen LogP contribution in [0.2, 0.25) is 0 Å². The lowest BCUT2D eigenvalue weighted by molar-refractivity contribution is -0.145. The Balaban J connectivity index is 0.000000175. The van der Waals surface area contributed by atoms with Gasteiger partial charge in [-0.2, -0.15) is 14.2 Å². The number of fused-ring (bicyclic) bond motifs is 4. The second kappa shape index (κ2) is 51.2. The number of sulfonamides is 3. The van der Waals surface area contributed by atoms with Crippen LogP contribution in [-0.2, 0) is 155 Å². The van der Waals surface area contributed by atoms with Gasteiger partial charge in [-0.15, -0.1) is 0 Å². The minimum absolute atomic E-state index is 0.0761. The Labute approximate surface area is 826 Å². The number of hydrogen-bond donors (Lipinski definition) is 12. The van der Waals surface area contributed by atoms with Crippen LogP contribution in [0.5, 0.6) is 0 Å². The van der Waals surface area contributed by atoms with Gasteiger partial charge in [0, 0.05) is 90.5 Å². The molecule has 3 aromatic carbocycles. The smallest absolute Gasteiger partial charge is 0.352 e. The van der Waals surface area contributed by atoms with Crippen LogP contribution < -0.4 is 30.5 Å². The van der Waals surface area contributed by atoms with E-state index < -0.39 is 89.9 Å². The first-order valence-corrected chi connectivity index (χ1v) is 52.8. The highest BCUT2D eigenvalue weighted by Crippen LogP contribution is 2.31. The number of H-pyrrole nitrogens is 4. The van der Waals surface area contributed by atoms with Gasteiger partial charge >= 0.3 is 29.8 Å². The Morgan fingerprint density at radius 2 is 0.709 bits per heavy atom. The van der Waals surface area contributed by atoms with Crippen LogP contribution in [-0.4, -0.2) is 175 Å². The molecule has 0 spiro atoms. The van der Waals surface area contributed by atoms with Crippen molar-refractivity contribution >= 4 is 71.7 Å². The fourth-order valence-electron chi connectivity index (χ4n) is 18.6. The minimum atomic E-state index is -4.06. The highest BCUT2D eigenvalue weighted by molar-refractivity contribution is 7.90. The third-order valence-electron chi connectivity index (χ3n) is 25.2. The standard InChI is InChI=1S/2C30H38N4O5S.2C16H18N2O2.C14H22N2O4S/c1-5-39-30(36)27(34-40(37,38)28-20(3)13-19(2)14-21(28)4)18-33-29(35)26-16-23(17-32-26)9-8-22-10-11-24-7-6-12-31-25(24)15-22;1-5-39-30(36)27(34-40(37,38)28-20(3)14-19(2)15-21(28)4)18-32-29(35)26-16-22(17-31-26)10-12-24-13-11-23-8-6-7-9-25(23)33-24;2*19-16(20)15-9-11(10-17-15)5-7-13-8-6-12-3-1-2-4-14(12)18-13;1-5-20-14(17)12(8-15)16-21(18,19)13-10(3)6-9(2)7-11(13)4/h6-7,12-14,16-17,22,27,32,34H,5,8-11,15,18H2,1-4H3,(H,33,35);11,13-17,27,31,34H,5-10,12,18H2,1-4H3,(H,32,35);2*6,8-10,17H,1-5,7H2,(H,19,20);6-7,12,16H,5,8,15H2,1-4H3/t22?,27-;27-;;;12-/m00..0/s1. The lowest BCUT2D eigenvalue weighted by atomic mass is 9.84. The number of carboxylic acid groups (broad SMARTS) is 2. The van der Waals surface area contributed by atoms with Crippen molar-refractivity contribution in [3.8, 4) is 0 Å². The van der Waals surface area contributed by atoms with Gasteiger partial charge in [0.05, 0.1) is 34.5 Å². The van der Waals surface area contributed by atoms with Crippen LogP contribution in [0, 0.1) is 68.2 Å². The van der Waals surface area contributed by atoms with Crippen LogP contribution in [0.1, 0.15) is 249 Å². The zero-order valence-corrected chi connectivity index (χ0v) is 85.1. The number of carbonyl (C=O) groups excluding carboxylic acids is 5. The number of benzene rings is 3. The fourth-order valence-corrected chi connectivity index (χ4v) is 23.5. The van der Waals surface area contributed by atoms with Crippen molar-refractivity contribution in [2.75, 3.05) is 39.5 Å². The third-order valence-corrected chi connectivity index (χ3v) is 30.5. The maximum Gasteiger partial charge on any atom is 0.352 e. The van der Waals surface area contributed by atoms with Gasteiger partial charge in [-0.25, -0.2) is 34.8 Å². The molecule has 0 saturated heterocycles. The fraction of sp³-hybridized carbons (Fsp3) is 0.425. The monoisotopic (exact) mass is 1990 g/mol. The van der Waals surface area contributed by atoms with E-state index in [1.807, 2.05) is 39.2 Å². The Morgan fingerprint density at radius 1 is 0.397 bits per heavy atom. The summed E-state index contributed by atoms with van der Waals surface area (Å²) in [5.74, 6) is -4.36. The Morgan fingerprint density at radius 3 is 1.04 bits per heavy atom. The lowest BCUT2D eigenvalue weighted by Gasteiger charge is -2.23. The summed E-state index contributed by atoms with van der Waals surface area (Å²) in [6.07, 6.45) is 32.8. The zero-order chi connectivity index (χ0) is 102. The maximum atomic E-state index is 13.3. The first-order valence-electron chi connectivity index (χ1n) is 48.4. The number of esters is 3. The predicted octanol–water partition coefficient (Wildman–Crippen LogP) is 13.7. The SMILES string of the molecule is CCOC(=O)[C@H](CN)NS(=O)(=O)c1c(C)cc(C)cc1C.CCOC(=O)[C@H](CNC(=O)c1cc(CCC2CCc3cccnc3C2)c[nH]1)NS(=O)(=O)c1c(C)cc(C)cc1C.CCOC(=O)[C@H](CNC(=O)c1cc(CCc2ccc3c(n2)CCCC3)c[nH]1)NS(=O)(=O)c1c(C)cc(C)cc1C.O=C(O)c1cc(CCc2ccc3c(n2)CCCC3)c[nH]1.O=C(O)c1cc(CCc2ccc3c(n2)CCCC3)c[nH]1. The van der Waals surface area contributed by atoms with Gasteiger partial charge in [0.15, 0.2) is 0 Å². The number of rotatable bonds is 36. The van der Waals surface area contributed by atoms with Crippen molar-refractivity contribution in [3.05, 3.63) is 297 Å². The molecule has 32 nitrogen and oxygen atoms in total. The molecule has 4 aliphatic rings. The summed E-state index contributed by atoms with van der Waals surface area (Å²) in [6.45, 7) is 20.5. The summed E-state index contributed by atoms with van der Waals surface area (Å²) in [4.78, 5) is 115. The molecule has 0 bridgehead atoms. The molecule has 0 aliphatic heterocycles. The molecule has 2 amide bonds. The number of carboxylic acids is 2. The van der Waals surface area contributed by atoms with Gasteiger partial charge in [0.25, 0.3) is 11.8 Å². The quantitative estimate of drug-likeness (QED) is 0.0128. The molecule has 0 fully saturated rings. The van der Waals surface area contributed by atoms with Gasteiger partial charge in [-0.1, -0.05) is 77.4 Å². The number of hydrogen-bond acceptors (Lipinski definition) is 21. The molecule has 1 unspecified atom stereocenters. The Bertz CT molecular complexity index is 6440. The highest BCUT2D eigenvalue weighted by atomic mass is 32.2. The third kappa shape index (κ3) is 31.2. The second-order valence-electron chi connectivity index (χ2n) is 36.5. The lowest BCUT2D eigenvalue weighted by Crippen LogP contribution is -2.49. The van der Waals surface area contributed by atoms with Gasteiger partial charge in [0.2, 0.25) is 30.1 Å². The largest absolute Gasteiger partial charge is 0.477 e. The number of nitrogens with two attached hydrogens (primary N) is 1. The first-order chi connectivity index (χ1) is 67.3. The molecule has 15 rings (SSSR count). The van der Waals surface area contributed by atoms with E-state index in [-0.39, 0.29) is 65.5 Å². The van der Waals surface area contributed by atoms with Crippen LogP contribution >= 0.6 is 0 Å². The summed E-state index contributed by atoms with van der Waals surface area (Å²) in [5.41, 5.74) is 30.7. The molecule has 0 radical (unpaired) electrons. The average Bonchev–Trinajstić information content (AvgIpc) is 1.27. The first kappa shape index (κ1) is 109. The summed E-state index contributed by atoms with van der Waals surface area (Å²) < 4.78 is 100. The number of carbonyl (C=O) groups is 7. The normalized spacial score (nSPS) is 14.3. The van der Waals surface area contributed by atoms with E-state index in [0.717, 1.165) is 165 Å². The minimum Gasteiger partial charge on any atom is -0.477 e. The van der Waals surface area contributed by atoms with Crippen LogP contribution in [0.4, 0.5) is 0 Å². The topological polar surface area (TPSA) is 491 Å². The average molecular weight is 1990 g/mol. The van der Waals surface area contributed by atoms with E-state index in [2.05, 4.69) is 92.2 Å². The summed E-state index contributed by atoms with van der Waals surface area (Å²) in [5, 5.41) is 23.1. The molecule has 4 aliphatic carbocycles. The van der Waals surface area contributed by atoms with Crippen LogP contribution in [0.15, 0.2) is 155 Å². The second-order valence-corrected chi connectivity index (χ2v) is 41.5. The van der Waals surface area contributed by atoms with E-state index in [9.17, 15) is 58.8 Å². The van der Waals surface area contributed by atoms with Crippen molar-refractivity contribution in [1.82, 2.24) is 64.7 Å². The molecule has 8 heterocycles. The van der Waals surface area contributed by atoms with Crippen LogP contribution in [0.3, 0.4) is 0 Å². The number of aromatic nitrogens is 8. The van der Waals surface area contributed by atoms with E-state index in [1.54, 1.807) is 142 Å². The van der Waals surface area contributed by atoms with Gasteiger partial charge in [-0.3, -0.25) is 43.9 Å². The molecule has 13 N–H and O–H groups in total. The summed E-state index contributed by atoms with van der Waals surface area (Å²) >= 11 is 0. The van der Waals surface area contributed by atoms with Crippen molar-refractivity contribution in [2.24, 2.45) is 11.7 Å². The number of nitrogens with zero attached hydrogens (tertiary/aromatic N) is 4. The van der Waals surface area contributed by atoms with E-state index in [0.29, 0.717) is 50.7 Å². The number of amides is 2. The van der Waals surface area contributed by atoms with E-state index in [4.69, 9.17) is 45.1 Å². The number of nitrogens with one attached hydrogen (secondary N) is 9. The number of aryl methyl sites for hydroxylation is 23. The number of pyridine rings is 4. The van der Waals surface area contributed by atoms with Crippen molar-refractivity contribution in [1.29, 1.82) is 0 Å². The Hall–Kier alpha value is -12.6. The molecule has 35 heteroatoms. The molecular weight excluding hydrogens is 1850 g/mol. The maximum absolute atomic E-state index is 13.3.